The van der Waals surface area contributed by atoms with Crippen molar-refractivity contribution < 1.29 is 13.2 Å². The van der Waals surface area contributed by atoms with Gasteiger partial charge in [0.05, 0.1) is 6.21 Å². The van der Waals surface area contributed by atoms with Crippen molar-refractivity contribution in [3.63, 3.8) is 0 Å². The van der Waals surface area contributed by atoms with E-state index in [9.17, 15) is 13.2 Å². The number of nitrogens with one attached hydrogen (secondary N) is 1. The summed E-state index contributed by atoms with van der Waals surface area (Å²) in [6.45, 7) is 1.84. The zero-order valence-corrected chi connectivity index (χ0v) is 4.16. The standard InChI is InChI=1S/C4H2F3N2/c5-4(6,7)3-1-8-9-2-3/h3,8H. The molecule has 1 aliphatic rings. The number of alkyl halides is 3. The zero-order chi connectivity index (χ0) is 6.91. The minimum Gasteiger partial charge on any atom is -0.297 e. The van der Waals surface area contributed by atoms with Crippen LogP contribution >= 0.6 is 0 Å². The molecule has 0 aliphatic carbocycles. The molecule has 1 heterocycles. The molecule has 3 radical (unpaired) electrons. The lowest BCUT2D eigenvalue weighted by molar-refractivity contribution is -0.145. The second-order valence-corrected chi connectivity index (χ2v) is 1.47. The van der Waals surface area contributed by atoms with Crippen LogP contribution in [0.2, 0.25) is 0 Å². The molecule has 0 aromatic rings. The summed E-state index contributed by atoms with van der Waals surface area (Å²) in [6, 6.07) is 0. The van der Waals surface area contributed by atoms with Crippen molar-refractivity contribution in [2.45, 2.75) is 6.18 Å². The molecule has 1 aliphatic heterocycles. The highest BCUT2D eigenvalue weighted by molar-refractivity contribution is 5.65. The maximum Gasteiger partial charge on any atom is 0.399 e. The van der Waals surface area contributed by atoms with Crippen molar-refractivity contribution in [3.8, 4) is 0 Å². The quantitative estimate of drug-likeness (QED) is 0.518. The molecule has 0 aromatic carbocycles. The molecule has 0 aromatic heterocycles. The summed E-state index contributed by atoms with van der Waals surface area (Å²) < 4.78 is 34.6. The van der Waals surface area contributed by atoms with E-state index in [1.54, 1.807) is 6.21 Å². The van der Waals surface area contributed by atoms with Gasteiger partial charge in [-0.2, -0.15) is 18.3 Å². The third-order valence-electron chi connectivity index (χ3n) is 0.786. The van der Waals surface area contributed by atoms with Gasteiger partial charge in [-0.15, -0.1) is 0 Å². The summed E-state index contributed by atoms with van der Waals surface area (Å²) >= 11 is 0. The predicted octanol–water partition coefficient (Wildman–Crippen LogP) is 0.670. The van der Waals surface area contributed by atoms with Gasteiger partial charge in [0.2, 0.25) is 0 Å². The third kappa shape index (κ3) is 1.34. The molecule has 0 fully saturated rings. The highest BCUT2D eigenvalue weighted by atomic mass is 19.4. The van der Waals surface area contributed by atoms with E-state index in [1.807, 2.05) is 12.0 Å². The molecule has 0 amide bonds. The highest BCUT2D eigenvalue weighted by Gasteiger charge is 2.41. The molecule has 1 rings (SSSR count). The molecule has 49 valence electrons. The van der Waals surface area contributed by atoms with Crippen LogP contribution in [0.4, 0.5) is 13.2 Å². The van der Waals surface area contributed by atoms with Gasteiger partial charge in [0, 0.05) is 0 Å². The van der Waals surface area contributed by atoms with Crippen molar-refractivity contribution in [3.05, 3.63) is 6.54 Å². The lowest BCUT2D eigenvalue weighted by Crippen LogP contribution is -2.23. The Morgan fingerprint density at radius 3 is 2.33 bits per heavy atom. The molecule has 2 nitrogen and oxygen atoms in total. The Morgan fingerprint density at radius 1 is 1.44 bits per heavy atom. The fourth-order valence-electron chi connectivity index (χ4n) is 0.381. The van der Waals surface area contributed by atoms with E-state index >= 15 is 0 Å². The number of hydrogen-bond donors (Lipinski definition) is 1. The van der Waals surface area contributed by atoms with E-state index in [2.05, 4.69) is 5.10 Å². The zero-order valence-electron chi connectivity index (χ0n) is 4.16. The fraction of sp³-hybridized carbons (Fsp3) is 0.500. The second kappa shape index (κ2) is 1.89. The van der Waals surface area contributed by atoms with Crippen molar-refractivity contribution in [2.24, 2.45) is 11.0 Å². The summed E-state index contributed by atoms with van der Waals surface area (Å²) in [4.78, 5) is 0. The van der Waals surface area contributed by atoms with E-state index in [4.69, 9.17) is 0 Å². The van der Waals surface area contributed by atoms with E-state index in [1.165, 1.54) is 0 Å². The predicted molar refractivity (Wildman–Crippen MR) is 23.4 cm³/mol. The lowest BCUT2D eigenvalue weighted by atomic mass is 10.2. The van der Waals surface area contributed by atoms with Gasteiger partial charge in [0.1, 0.15) is 12.5 Å². The first-order valence-electron chi connectivity index (χ1n) is 2.13. The van der Waals surface area contributed by atoms with E-state index < -0.39 is 12.1 Å². The fourth-order valence-corrected chi connectivity index (χ4v) is 0.381. The first kappa shape index (κ1) is 6.38. The third-order valence-corrected chi connectivity index (χ3v) is 0.786. The second-order valence-electron chi connectivity index (χ2n) is 1.47. The summed E-state index contributed by atoms with van der Waals surface area (Å²) in [5, 5.41) is 3.00. The molecule has 9 heavy (non-hydrogen) atoms. The van der Waals surface area contributed by atoms with Crippen LogP contribution < -0.4 is 5.43 Å². The molecule has 0 spiro atoms. The molecule has 5 heteroatoms. The smallest absolute Gasteiger partial charge is 0.297 e. The molecule has 0 saturated heterocycles. The van der Waals surface area contributed by atoms with E-state index in [0.717, 1.165) is 0 Å². The average molecular weight is 135 g/mol. The molecular weight excluding hydrogens is 133 g/mol. The Bertz CT molecular complexity index is 128. The largest absolute Gasteiger partial charge is 0.399 e. The van der Waals surface area contributed by atoms with E-state index in [-0.39, 0.29) is 0 Å². The van der Waals surface area contributed by atoms with Crippen molar-refractivity contribution in [1.82, 2.24) is 5.43 Å². The van der Waals surface area contributed by atoms with Gasteiger partial charge in [-0.05, 0) is 0 Å². The minimum absolute atomic E-state index is 1.77. The molecule has 1 unspecified atom stereocenters. The van der Waals surface area contributed by atoms with Gasteiger partial charge in [0.25, 0.3) is 0 Å². The lowest BCUT2D eigenvalue weighted by Gasteiger charge is -2.07. The van der Waals surface area contributed by atoms with Crippen LogP contribution in [0.3, 0.4) is 0 Å². The van der Waals surface area contributed by atoms with Crippen LogP contribution in [0.15, 0.2) is 5.10 Å². The monoisotopic (exact) mass is 135 g/mol. The van der Waals surface area contributed by atoms with Crippen LogP contribution in [0, 0.1) is 12.5 Å². The average Bonchev–Trinajstić information content (AvgIpc) is 2.08. The van der Waals surface area contributed by atoms with E-state index in [0.29, 0.717) is 0 Å². The highest BCUT2D eigenvalue weighted by Crippen LogP contribution is 2.27. The number of hydrogen-bond acceptors (Lipinski definition) is 2. The summed E-state index contributed by atoms with van der Waals surface area (Å²) in [5.41, 5.74) is 1.92. The van der Waals surface area contributed by atoms with Gasteiger partial charge in [-0.3, -0.25) is 5.43 Å². The van der Waals surface area contributed by atoms with Gasteiger partial charge >= 0.3 is 6.18 Å². The molecular formula is C4H2F3N2. The topological polar surface area (TPSA) is 24.4 Å². The Labute approximate surface area is 49.7 Å². The maximum atomic E-state index is 11.5. The molecule has 0 bridgehead atoms. The number of hydrazone groups is 1. The first-order chi connectivity index (χ1) is 4.11. The van der Waals surface area contributed by atoms with Crippen LogP contribution in [0.25, 0.3) is 0 Å². The Kier molecular flexibility index (Phi) is 1.34. The van der Waals surface area contributed by atoms with Crippen molar-refractivity contribution >= 4 is 6.21 Å². The Morgan fingerprint density at radius 2 is 2.11 bits per heavy atom. The van der Waals surface area contributed by atoms with Gasteiger partial charge in [-0.1, -0.05) is 0 Å². The van der Waals surface area contributed by atoms with Gasteiger partial charge < -0.3 is 0 Å². The summed E-state index contributed by atoms with van der Waals surface area (Å²) in [6.07, 6.45) is -2.52. The van der Waals surface area contributed by atoms with Crippen LogP contribution in [0.1, 0.15) is 0 Å². The normalized spacial score (nSPS) is 26.3. The Balaban J connectivity index is 2.53. The van der Waals surface area contributed by atoms with Gasteiger partial charge in [-0.25, -0.2) is 0 Å². The maximum absolute atomic E-state index is 11.5. The molecule has 1 N–H and O–H groups in total. The SMILES string of the molecule is FC(F)(F)C1[C]NN=[C]1. The van der Waals surface area contributed by atoms with Crippen LogP contribution in [-0.4, -0.2) is 12.4 Å². The Hall–Kier alpha value is -0.740. The minimum atomic E-state index is -4.30. The number of halogens is 3. The first-order valence-corrected chi connectivity index (χ1v) is 2.13. The molecule has 1 atom stereocenters. The molecule has 0 saturated carbocycles. The number of nitrogens with zero attached hydrogens (tertiary/aromatic N) is 1. The summed E-state index contributed by atoms with van der Waals surface area (Å²) in [7, 11) is 0. The van der Waals surface area contributed by atoms with Crippen molar-refractivity contribution in [2.75, 3.05) is 0 Å². The van der Waals surface area contributed by atoms with Crippen molar-refractivity contribution in [1.29, 1.82) is 0 Å². The van der Waals surface area contributed by atoms with Crippen LogP contribution in [0.5, 0.6) is 0 Å². The van der Waals surface area contributed by atoms with Crippen LogP contribution in [-0.2, 0) is 0 Å². The summed E-state index contributed by atoms with van der Waals surface area (Å²) in [5.74, 6) is -1.77. The van der Waals surface area contributed by atoms with Gasteiger partial charge in [0.15, 0.2) is 0 Å². The number of rotatable bonds is 0.